The Labute approximate surface area is 153 Å². The van der Waals surface area contributed by atoms with Crippen molar-refractivity contribution in [1.82, 2.24) is 10.2 Å². The zero-order chi connectivity index (χ0) is 16.6. The van der Waals surface area contributed by atoms with Gasteiger partial charge in [0.15, 0.2) is 0 Å². The molecule has 0 amide bonds. The van der Waals surface area contributed by atoms with Crippen molar-refractivity contribution in [3.8, 4) is 0 Å². The summed E-state index contributed by atoms with van der Waals surface area (Å²) in [6, 6.07) is 25.8. The molecule has 3 heterocycles. The summed E-state index contributed by atoms with van der Waals surface area (Å²) < 4.78 is 3.02. The van der Waals surface area contributed by atoms with Crippen LogP contribution in [0.5, 0.6) is 0 Å². The third kappa shape index (κ3) is 2.76. The van der Waals surface area contributed by atoms with Crippen molar-refractivity contribution in [3.63, 3.8) is 0 Å². The summed E-state index contributed by atoms with van der Waals surface area (Å²) >= 11 is 0.556. The summed E-state index contributed by atoms with van der Waals surface area (Å²) in [7, 11) is 0. The average molecular weight is 387 g/mol. The molecule has 3 aromatic carbocycles. The molecule has 25 heavy (non-hydrogen) atoms. The molecule has 2 nitrogen and oxygen atoms in total. The fourth-order valence-corrected chi connectivity index (χ4v) is 5.11. The molecule has 0 saturated heterocycles. The SMILES string of the molecule is c1ccc(Cc2nnc(Cc3ccc4cc3[Se]4)c3ccccc23)cc1. The number of fused-ring (bicyclic) bond motifs is 3. The molecule has 2 aliphatic heterocycles. The molecule has 0 saturated carbocycles. The maximum atomic E-state index is 4.62. The standard InChI is InChI=1S/C22H16N2Se/c1-2-6-15(7-3-1)12-20-18-8-4-5-9-19(18)21(24-23-20)13-16-10-11-17-14-22(16)25-17/h1-11,14H,12-13H2. The van der Waals surface area contributed by atoms with Crippen molar-refractivity contribution in [2.24, 2.45) is 0 Å². The predicted molar refractivity (Wildman–Crippen MR) is 103 cm³/mol. The second kappa shape index (κ2) is 6.11. The number of benzene rings is 3. The Balaban J connectivity index is 1.56. The van der Waals surface area contributed by atoms with Crippen molar-refractivity contribution in [2.75, 3.05) is 0 Å². The van der Waals surface area contributed by atoms with Gasteiger partial charge in [0.1, 0.15) is 0 Å². The molecular weight excluding hydrogens is 371 g/mol. The number of hydrogen-bond donors (Lipinski definition) is 0. The van der Waals surface area contributed by atoms with Crippen LogP contribution in [0.25, 0.3) is 10.8 Å². The molecule has 6 rings (SSSR count). The van der Waals surface area contributed by atoms with E-state index in [1.165, 1.54) is 30.8 Å². The Hall–Kier alpha value is -2.48. The number of nitrogens with zero attached hydrogens (tertiary/aromatic N) is 2. The van der Waals surface area contributed by atoms with Gasteiger partial charge in [0, 0.05) is 0 Å². The van der Waals surface area contributed by atoms with E-state index in [1.807, 2.05) is 6.07 Å². The van der Waals surface area contributed by atoms with Crippen LogP contribution in [0.15, 0.2) is 72.8 Å². The van der Waals surface area contributed by atoms with Crippen molar-refractivity contribution in [2.45, 2.75) is 12.8 Å². The second-order valence-electron chi connectivity index (χ2n) is 6.35. The first-order valence-corrected chi connectivity index (χ1v) is 10.2. The van der Waals surface area contributed by atoms with Gasteiger partial charge in [-0.25, -0.2) is 0 Å². The van der Waals surface area contributed by atoms with E-state index in [-0.39, 0.29) is 0 Å². The van der Waals surface area contributed by atoms with E-state index in [2.05, 4.69) is 76.9 Å². The molecule has 1 aromatic heterocycles. The van der Waals surface area contributed by atoms with Gasteiger partial charge in [0.25, 0.3) is 0 Å². The van der Waals surface area contributed by atoms with Gasteiger partial charge in [0.05, 0.1) is 0 Å². The van der Waals surface area contributed by atoms with Gasteiger partial charge in [-0.05, 0) is 0 Å². The molecule has 0 aliphatic carbocycles. The molecule has 0 N–H and O–H groups in total. The van der Waals surface area contributed by atoms with Gasteiger partial charge in [-0.2, -0.15) is 0 Å². The zero-order valence-electron chi connectivity index (χ0n) is 13.6. The maximum absolute atomic E-state index is 4.62. The van der Waals surface area contributed by atoms with Gasteiger partial charge in [-0.1, -0.05) is 0 Å². The Kier molecular flexibility index (Phi) is 3.62. The molecule has 2 aliphatic rings. The molecule has 0 fully saturated rings. The summed E-state index contributed by atoms with van der Waals surface area (Å²) in [5, 5.41) is 11.7. The van der Waals surface area contributed by atoms with Crippen LogP contribution in [0, 0.1) is 0 Å². The summed E-state index contributed by atoms with van der Waals surface area (Å²) in [4.78, 5) is 0. The minimum atomic E-state index is 0.556. The van der Waals surface area contributed by atoms with E-state index >= 15 is 0 Å². The van der Waals surface area contributed by atoms with E-state index < -0.39 is 0 Å². The molecule has 0 radical (unpaired) electrons. The average Bonchev–Trinajstić information content (AvgIpc) is 2.64. The van der Waals surface area contributed by atoms with Gasteiger partial charge in [0.2, 0.25) is 0 Å². The van der Waals surface area contributed by atoms with Crippen LogP contribution in [0.1, 0.15) is 22.5 Å². The van der Waals surface area contributed by atoms with Crippen molar-refractivity contribution >= 4 is 34.7 Å². The first-order chi connectivity index (χ1) is 12.4. The molecule has 4 aromatic rings. The van der Waals surface area contributed by atoms with Crippen molar-refractivity contribution in [1.29, 1.82) is 0 Å². The van der Waals surface area contributed by atoms with Gasteiger partial charge in [-0.3, -0.25) is 0 Å². The molecule has 2 bridgehead atoms. The fraction of sp³-hybridized carbons (Fsp3) is 0.0909. The minimum absolute atomic E-state index is 0.556. The molecule has 0 unspecified atom stereocenters. The first-order valence-electron chi connectivity index (χ1n) is 8.45. The van der Waals surface area contributed by atoms with E-state index in [4.69, 9.17) is 0 Å². The van der Waals surface area contributed by atoms with Gasteiger partial charge >= 0.3 is 153 Å². The molecular formula is C22H16N2Se. The third-order valence-electron chi connectivity index (χ3n) is 4.68. The van der Waals surface area contributed by atoms with Crippen LogP contribution >= 0.6 is 0 Å². The van der Waals surface area contributed by atoms with Gasteiger partial charge < -0.3 is 0 Å². The summed E-state index contributed by atoms with van der Waals surface area (Å²) in [6.45, 7) is 0. The van der Waals surface area contributed by atoms with Crippen LogP contribution in [0.3, 0.4) is 0 Å². The van der Waals surface area contributed by atoms with Crippen LogP contribution in [-0.2, 0) is 12.8 Å². The Bertz CT molecular complexity index is 1070. The Morgan fingerprint density at radius 1 is 0.680 bits per heavy atom. The van der Waals surface area contributed by atoms with Crippen LogP contribution in [0.2, 0.25) is 0 Å². The third-order valence-corrected chi connectivity index (χ3v) is 6.97. The second-order valence-corrected chi connectivity index (χ2v) is 8.69. The van der Waals surface area contributed by atoms with Crippen LogP contribution in [-0.4, -0.2) is 25.2 Å². The van der Waals surface area contributed by atoms with Gasteiger partial charge in [-0.15, -0.1) is 0 Å². The molecule has 0 spiro atoms. The molecule has 0 atom stereocenters. The fourth-order valence-electron chi connectivity index (χ4n) is 3.35. The van der Waals surface area contributed by atoms with Crippen LogP contribution in [0.4, 0.5) is 0 Å². The Morgan fingerprint density at radius 3 is 1.96 bits per heavy atom. The molecule has 3 heteroatoms. The van der Waals surface area contributed by atoms with E-state index in [0.29, 0.717) is 15.0 Å². The quantitative estimate of drug-likeness (QED) is 0.443. The van der Waals surface area contributed by atoms with Crippen molar-refractivity contribution < 1.29 is 0 Å². The predicted octanol–water partition coefficient (Wildman–Crippen LogP) is 2.78. The Morgan fingerprint density at radius 2 is 1.32 bits per heavy atom. The summed E-state index contributed by atoms with van der Waals surface area (Å²) in [5.74, 6) is 0. The monoisotopic (exact) mass is 388 g/mol. The summed E-state index contributed by atoms with van der Waals surface area (Å²) in [5.41, 5.74) is 4.81. The normalized spacial score (nSPS) is 12.2. The van der Waals surface area contributed by atoms with E-state index in [0.717, 1.165) is 24.2 Å². The van der Waals surface area contributed by atoms with Crippen molar-refractivity contribution in [3.05, 3.63) is 95.3 Å². The topological polar surface area (TPSA) is 25.8 Å². The van der Waals surface area contributed by atoms with Crippen LogP contribution < -0.4 is 8.92 Å². The number of aromatic nitrogens is 2. The van der Waals surface area contributed by atoms with E-state index in [1.54, 1.807) is 0 Å². The summed E-state index contributed by atoms with van der Waals surface area (Å²) in [6.07, 6.45) is 1.69. The zero-order valence-corrected chi connectivity index (χ0v) is 15.4. The van der Waals surface area contributed by atoms with E-state index in [9.17, 15) is 0 Å². The number of rotatable bonds is 4. The number of hydrogen-bond acceptors (Lipinski definition) is 2. The first kappa shape index (κ1) is 14.8. The molecule has 120 valence electrons.